The lowest BCUT2D eigenvalue weighted by molar-refractivity contribution is 0.192. The van der Waals surface area contributed by atoms with Gasteiger partial charge < -0.3 is 10.1 Å². The Morgan fingerprint density at radius 1 is 1.25 bits per heavy atom. The molecule has 2 fully saturated rings. The molecular formula is C12H20N2OS. The first-order chi connectivity index (χ1) is 7.92. The van der Waals surface area contributed by atoms with Crippen LogP contribution < -0.4 is 5.32 Å². The molecule has 2 aliphatic heterocycles. The van der Waals surface area contributed by atoms with Gasteiger partial charge in [-0.2, -0.15) is 0 Å². The molecule has 1 saturated carbocycles. The maximum absolute atomic E-state index is 5.38. The fourth-order valence-electron chi connectivity index (χ4n) is 2.83. The number of nitrogens with zero attached hydrogens (tertiary/aromatic N) is 1. The summed E-state index contributed by atoms with van der Waals surface area (Å²) in [5.41, 5.74) is 0. The van der Waals surface area contributed by atoms with Crippen molar-refractivity contribution in [3.63, 3.8) is 0 Å². The van der Waals surface area contributed by atoms with Crippen LogP contribution in [0.25, 0.3) is 0 Å². The summed E-state index contributed by atoms with van der Waals surface area (Å²) < 4.78 is 5.38. The van der Waals surface area contributed by atoms with E-state index in [1.165, 1.54) is 36.6 Å². The summed E-state index contributed by atoms with van der Waals surface area (Å²) in [4.78, 5) is 4.88. The van der Waals surface area contributed by atoms with Crippen LogP contribution >= 0.6 is 11.8 Å². The largest absolute Gasteiger partial charge is 0.379 e. The molecule has 3 aliphatic rings. The molecule has 4 heteroatoms. The molecule has 0 amide bonds. The van der Waals surface area contributed by atoms with E-state index in [0.717, 1.165) is 25.6 Å². The third kappa shape index (κ3) is 2.38. The van der Waals surface area contributed by atoms with E-state index in [9.17, 15) is 0 Å². The van der Waals surface area contributed by atoms with Crippen molar-refractivity contribution in [1.82, 2.24) is 5.32 Å². The van der Waals surface area contributed by atoms with Gasteiger partial charge in [0.25, 0.3) is 0 Å². The Morgan fingerprint density at radius 2 is 2.19 bits per heavy atom. The monoisotopic (exact) mass is 240 g/mol. The highest BCUT2D eigenvalue weighted by atomic mass is 32.2. The average Bonchev–Trinajstić information content (AvgIpc) is 2.82. The van der Waals surface area contributed by atoms with Crippen LogP contribution in [-0.4, -0.2) is 36.2 Å². The van der Waals surface area contributed by atoms with Crippen LogP contribution in [-0.2, 0) is 4.74 Å². The van der Waals surface area contributed by atoms with Gasteiger partial charge in [-0.05, 0) is 25.2 Å². The molecule has 3 nitrogen and oxygen atoms in total. The Kier molecular flexibility index (Phi) is 3.38. The normalized spacial score (nSPS) is 39.0. The molecule has 3 unspecified atom stereocenters. The highest BCUT2D eigenvalue weighted by Crippen LogP contribution is 2.33. The lowest BCUT2D eigenvalue weighted by atomic mass is 9.86. The van der Waals surface area contributed by atoms with Gasteiger partial charge in [0.2, 0.25) is 0 Å². The van der Waals surface area contributed by atoms with Crippen LogP contribution in [0.2, 0.25) is 0 Å². The number of hydrogen-bond acceptors (Lipinski definition) is 4. The van der Waals surface area contributed by atoms with Gasteiger partial charge in [0.1, 0.15) is 0 Å². The molecule has 0 aromatic carbocycles. The van der Waals surface area contributed by atoms with E-state index in [0.29, 0.717) is 12.1 Å². The molecule has 3 rings (SSSR count). The first-order valence-corrected chi connectivity index (χ1v) is 7.45. The van der Waals surface area contributed by atoms with Crippen LogP contribution in [0.5, 0.6) is 0 Å². The Morgan fingerprint density at radius 3 is 3.06 bits per heavy atom. The van der Waals surface area contributed by atoms with Gasteiger partial charge in [0.05, 0.1) is 18.7 Å². The predicted molar refractivity (Wildman–Crippen MR) is 68.0 cm³/mol. The summed E-state index contributed by atoms with van der Waals surface area (Å²) in [6.07, 6.45) is 6.61. The van der Waals surface area contributed by atoms with Crippen molar-refractivity contribution in [2.24, 2.45) is 10.9 Å². The van der Waals surface area contributed by atoms with Crippen molar-refractivity contribution < 1.29 is 4.74 Å². The molecule has 0 aromatic rings. The fourth-order valence-corrected chi connectivity index (χ4v) is 4.05. The van der Waals surface area contributed by atoms with Crippen molar-refractivity contribution in [3.05, 3.63) is 0 Å². The molecule has 1 aliphatic carbocycles. The van der Waals surface area contributed by atoms with Gasteiger partial charge in [-0.15, -0.1) is 0 Å². The Balaban J connectivity index is 1.60. The second-order valence-corrected chi connectivity index (χ2v) is 6.07. The molecule has 0 spiro atoms. The zero-order valence-corrected chi connectivity index (χ0v) is 10.5. The van der Waals surface area contributed by atoms with Gasteiger partial charge in [-0.1, -0.05) is 24.6 Å². The Labute approximate surface area is 101 Å². The van der Waals surface area contributed by atoms with E-state index in [4.69, 9.17) is 9.73 Å². The predicted octanol–water partition coefficient (Wildman–Crippen LogP) is 2.03. The molecule has 0 radical (unpaired) electrons. The number of nitrogens with one attached hydrogen (secondary N) is 1. The summed E-state index contributed by atoms with van der Waals surface area (Å²) >= 11 is 1.92. The zero-order valence-electron chi connectivity index (χ0n) is 9.65. The molecule has 1 N–H and O–H groups in total. The molecule has 90 valence electrons. The topological polar surface area (TPSA) is 33.6 Å². The number of amidine groups is 1. The minimum absolute atomic E-state index is 0.506. The Bertz CT molecular complexity index is 276. The Hall–Kier alpha value is -0.220. The van der Waals surface area contributed by atoms with Crippen molar-refractivity contribution >= 4 is 16.9 Å². The average molecular weight is 240 g/mol. The third-order valence-electron chi connectivity index (χ3n) is 3.84. The molecule has 0 bridgehead atoms. The third-order valence-corrected chi connectivity index (χ3v) is 4.93. The maximum atomic E-state index is 5.38. The van der Waals surface area contributed by atoms with E-state index >= 15 is 0 Å². The van der Waals surface area contributed by atoms with E-state index < -0.39 is 0 Å². The van der Waals surface area contributed by atoms with Gasteiger partial charge >= 0.3 is 0 Å². The number of aliphatic imine (C=N–C) groups is 1. The number of fused-ring (bicyclic) bond motifs is 1. The summed E-state index contributed by atoms with van der Waals surface area (Å²) in [6, 6.07) is 1.12. The molecule has 3 atom stereocenters. The summed E-state index contributed by atoms with van der Waals surface area (Å²) in [5, 5.41) is 4.72. The summed E-state index contributed by atoms with van der Waals surface area (Å²) in [6.45, 7) is 1.76. The molecular weight excluding hydrogens is 220 g/mol. The fraction of sp³-hybridized carbons (Fsp3) is 0.917. The minimum Gasteiger partial charge on any atom is -0.379 e. The van der Waals surface area contributed by atoms with Gasteiger partial charge in [0.15, 0.2) is 5.17 Å². The SMILES string of the molecule is C1CCC2N=C(NC3CCOC3)SCC2C1. The lowest BCUT2D eigenvalue weighted by Gasteiger charge is -2.33. The van der Waals surface area contributed by atoms with Gasteiger partial charge in [0, 0.05) is 12.4 Å². The molecule has 2 heterocycles. The second kappa shape index (κ2) is 4.96. The van der Waals surface area contributed by atoms with E-state index in [1.807, 2.05) is 11.8 Å². The van der Waals surface area contributed by atoms with Crippen LogP contribution in [0.3, 0.4) is 0 Å². The van der Waals surface area contributed by atoms with Crippen molar-refractivity contribution in [3.8, 4) is 0 Å². The van der Waals surface area contributed by atoms with Crippen molar-refractivity contribution in [2.45, 2.75) is 44.2 Å². The van der Waals surface area contributed by atoms with Gasteiger partial charge in [-0.25, -0.2) is 0 Å². The molecule has 1 saturated heterocycles. The zero-order chi connectivity index (χ0) is 10.8. The number of hydrogen-bond donors (Lipinski definition) is 1. The molecule has 0 aromatic heterocycles. The maximum Gasteiger partial charge on any atom is 0.157 e. The smallest absolute Gasteiger partial charge is 0.157 e. The van der Waals surface area contributed by atoms with E-state index in [-0.39, 0.29) is 0 Å². The standard InChI is InChI=1S/C12H20N2OS/c1-2-4-11-9(3-1)8-16-12(14-11)13-10-5-6-15-7-10/h9-11H,1-8H2,(H,13,14). The lowest BCUT2D eigenvalue weighted by Crippen LogP contribution is -2.39. The van der Waals surface area contributed by atoms with Crippen LogP contribution in [0, 0.1) is 5.92 Å². The van der Waals surface area contributed by atoms with Crippen LogP contribution in [0.15, 0.2) is 4.99 Å². The van der Waals surface area contributed by atoms with Crippen molar-refractivity contribution in [2.75, 3.05) is 19.0 Å². The minimum atomic E-state index is 0.506. The summed E-state index contributed by atoms with van der Waals surface area (Å²) in [5.74, 6) is 2.12. The van der Waals surface area contributed by atoms with E-state index in [2.05, 4.69) is 5.32 Å². The van der Waals surface area contributed by atoms with Gasteiger partial charge in [-0.3, -0.25) is 4.99 Å². The first-order valence-electron chi connectivity index (χ1n) is 6.47. The number of ether oxygens (including phenoxy) is 1. The highest BCUT2D eigenvalue weighted by molar-refractivity contribution is 8.13. The first kappa shape index (κ1) is 10.9. The number of rotatable bonds is 1. The number of thioether (sulfide) groups is 1. The molecule has 16 heavy (non-hydrogen) atoms. The highest BCUT2D eigenvalue weighted by Gasteiger charge is 2.30. The summed E-state index contributed by atoms with van der Waals surface area (Å²) in [7, 11) is 0. The van der Waals surface area contributed by atoms with Crippen LogP contribution in [0.1, 0.15) is 32.1 Å². The van der Waals surface area contributed by atoms with E-state index in [1.54, 1.807) is 0 Å². The second-order valence-electron chi connectivity index (χ2n) is 5.06. The quantitative estimate of drug-likeness (QED) is 0.761. The van der Waals surface area contributed by atoms with Crippen LogP contribution in [0.4, 0.5) is 0 Å². The van der Waals surface area contributed by atoms with Crippen molar-refractivity contribution in [1.29, 1.82) is 0 Å².